The number of piperazine rings is 1. The molecule has 0 saturated carbocycles. The minimum absolute atomic E-state index is 0.0989. The summed E-state index contributed by atoms with van der Waals surface area (Å²) in [5.41, 5.74) is 3.55. The van der Waals surface area contributed by atoms with E-state index in [-0.39, 0.29) is 11.8 Å². The van der Waals surface area contributed by atoms with Gasteiger partial charge < -0.3 is 15.2 Å². The maximum atomic E-state index is 11.8. The van der Waals surface area contributed by atoms with Crippen molar-refractivity contribution in [2.45, 2.75) is 19.8 Å². The Hall–Kier alpha value is -1.89. The van der Waals surface area contributed by atoms with Crippen molar-refractivity contribution in [3.8, 4) is 0 Å². The molecule has 1 aliphatic heterocycles. The molecule has 19 heavy (non-hydrogen) atoms. The Morgan fingerprint density at radius 2 is 2.11 bits per heavy atom. The van der Waals surface area contributed by atoms with Crippen molar-refractivity contribution in [2.75, 3.05) is 37.0 Å². The molecule has 1 aliphatic rings. The van der Waals surface area contributed by atoms with Crippen LogP contribution in [0, 0.1) is 0 Å². The fourth-order valence-corrected chi connectivity index (χ4v) is 2.22. The second kappa shape index (κ2) is 5.40. The Morgan fingerprint density at radius 1 is 1.37 bits per heavy atom. The van der Waals surface area contributed by atoms with Gasteiger partial charge in [0, 0.05) is 25.7 Å². The highest BCUT2D eigenvalue weighted by Gasteiger charge is 2.26. The zero-order valence-corrected chi connectivity index (χ0v) is 11.6. The van der Waals surface area contributed by atoms with E-state index in [1.165, 1.54) is 6.33 Å². The Kier molecular flexibility index (Phi) is 3.84. The number of likely N-dealkylation sites (N-methyl/N-ethyl adjacent to an activating group) is 1. The average Bonchev–Trinajstić information content (AvgIpc) is 2.40. The molecule has 1 saturated heterocycles. The van der Waals surface area contributed by atoms with Crippen LogP contribution in [0.5, 0.6) is 0 Å². The second-order valence-electron chi connectivity index (χ2n) is 5.00. The summed E-state index contributed by atoms with van der Waals surface area (Å²) in [6.45, 7) is 5.92. The first-order chi connectivity index (χ1) is 9.04. The number of nitrogens with zero attached hydrogens (tertiary/aromatic N) is 4. The molecule has 3 N–H and O–H groups in total. The minimum atomic E-state index is 0.0989. The molecule has 0 bridgehead atoms. The monoisotopic (exact) mass is 264 g/mol. The second-order valence-corrected chi connectivity index (χ2v) is 5.00. The van der Waals surface area contributed by atoms with E-state index >= 15 is 0 Å². The van der Waals surface area contributed by atoms with Crippen molar-refractivity contribution < 1.29 is 4.79 Å². The van der Waals surface area contributed by atoms with Crippen LogP contribution in [0.3, 0.4) is 0 Å². The molecule has 0 spiro atoms. The van der Waals surface area contributed by atoms with E-state index in [9.17, 15) is 4.79 Å². The van der Waals surface area contributed by atoms with Crippen molar-refractivity contribution in [3.05, 3.63) is 11.9 Å². The molecule has 1 fully saturated rings. The summed E-state index contributed by atoms with van der Waals surface area (Å²) < 4.78 is 0. The lowest BCUT2D eigenvalue weighted by molar-refractivity contribution is -0.129. The third-order valence-electron chi connectivity index (χ3n) is 3.33. The van der Waals surface area contributed by atoms with Gasteiger partial charge in [0.25, 0.3) is 0 Å². The van der Waals surface area contributed by atoms with Gasteiger partial charge in [-0.3, -0.25) is 4.79 Å². The van der Waals surface area contributed by atoms with Crippen molar-refractivity contribution in [3.63, 3.8) is 0 Å². The van der Waals surface area contributed by atoms with Gasteiger partial charge in [-0.05, 0) is 5.92 Å². The van der Waals surface area contributed by atoms with Crippen molar-refractivity contribution >= 4 is 17.5 Å². The van der Waals surface area contributed by atoms with Gasteiger partial charge in [0.05, 0.1) is 6.54 Å². The molecule has 104 valence electrons. The third-order valence-corrected chi connectivity index (χ3v) is 3.33. The molecule has 1 aromatic rings. The van der Waals surface area contributed by atoms with E-state index in [1.54, 1.807) is 4.90 Å². The van der Waals surface area contributed by atoms with Crippen LogP contribution in [-0.2, 0) is 4.79 Å². The highest BCUT2D eigenvalue weighted by molar-refractivity contribution is 5.82. The minimum Gasteiger partial charge on any atom is -0.345 e. The summed E-state index contributed by atoms with van der Waals surface area (Å²) >= 11 is 0. The van der Waals surface area contributed by atoms with E-state index < -0.39 is 0 Å². The number of hydrazine groups is 1. The molecule has 2 rings (SSSR count). The molecule has 0 atom stereocenters. The Morgan fingerprint density at radius 3 is 2.68 bits per heavy atom. The molecule has 0 radical (unpaired) electrons. The SMILES string of the molecule is CC(C)c1c(NN)ncnc1N1CCN(C)C(=O)C1. The number of rotatable bonds is 3. The number of amides is 1. The molecule has 7 heteroatoms. The number of hydrogen-bond acceptors (Lipinski definition) is 6. The number of hydrogen-bond donors (Lipinski definition) is 2. The molecule has 0 aliphatic carbocycles. The van der Waals surface area contributed by atoms with Crippen LogP contribution in [0.2, 0.25) is 0 Å². The molecule has 0 aromatic carbocycles. The predicted molar refractivity (Wildman–Crippen MR) is 73.8 cm³/mol. The molecule has 7 nitrogen and oxygen atoms in total. The Bertz CT molecular complexity index is 475. The van der Waals surface area contributed by atoms with E-state index in [1.807, 2.05) is 11.9 Å². The van der Waals surface area contributed by atoms with Crippen LogP contribution in [0.15, 0.2) is 6.33 Å². The highest BCUT2D eigenvalue weighted by Crippen LogP contribution is 2.30. The maximum absolute atomic E-state index is 11.8. The van der Waals surface area contributed by atoms with Crippen LogP contribution >= 0.6 is 0 Å². The fraction of sp³-hybridized carbons (Fsp3) is 0.583. The van der Waals surface area contributed by atoms with Crippen LogP contribution in [0.4, 0.5) is 11.6 Å². The van der Waals surface area contributed by atoms with Gasteiger partial charge in [-0.1, -0.05) is 13.8 Å². The predicted octanol–water partition coefficient (Wildman–Crippen LogP) is 0.164. The molecule has 1 amide bonds. The van der Waals surface area contributed by atoms with Gasteiger partial charge in [0.15, 0.2) is 0 Å². The lowest BCUT2D eigenvalue weighted by Gasteiger charge is -2.34. The van der Waals surface area contributed by atoms with E-state index in [2.05, 4.69) is 29.2 Å². The summed E-state index contributed by atoms with van der Waals surface area (Å²) in [5.74, 6) is 7.23. The van der Waals surface area contributed by atoms with Gasteiger partial charge >= 0.3 is 0 Å². The number of anilines is 2. The summed E-state index contributed by atoms with van der Waals surface area (Å²) in [4.78, 5) is 24.0. The highest BCUT2D eigenvalue weighted by atomic mass is 16.2. The van der Waals surface area contributed by atoms with E-state index in [4.69, 9.17) is 5.84 Å². The molecular formula is C12H20N6O. The molecule has 1 aromatic heterocycles. The number of nitrogens with two attached hydrogens (primary N) is 1. The van der Waals surface area contributed by atoms with E-state index in [0.29, 0.717) is 18.9 Å². The van der Waals surface area contributed by atoms with Gasteiger partial charge in [0.1, 0.15) is 18.0 Å². The lowest BCUT2D eigenvalue weighted by atomic mass is 10.0. The topological polar surface area (TPSA) is 87.4 Å². The summed E-state index contributed by atoms with van der Waals surface area (Å²) in [6, 6.07) is 0. The van der Waals surface area contributed by atoms with E-state index in [0.717, 1.165) is 17.9 Å². The quantitative estimate of drug-likeness (QED) is 0.597. The molecular weight excluding hydrogens is 244 g/mol. The standard InChI is InChI=1S/C12H20N6O/c1-8(2)10-11(16-13)14-7-15-12(10)18-5-4-17(3)9(19)6-18/h7-8H,4-6,13H2,1-3H3,(H,14,15,16). The molecule has 2 heterocycles. The van der Waals surface area contributed by atoms with Gasteiger partial charge in [0.2, 0.25) is 5.91 Å². The van der Waals surface area contributed by atoms with Crippen molar-refractivity contribution in [1.82, 2.24) is 14.9 Å². The number of carbonyl (C=O) groups excluding carboxylic acids is 1. The largest absolute Gasteiger partial charge is 0.345 e. The van der Waals surface area contributed by atoms with Gasteiger partial charge in [-0.15, -0.1) is 0 Å². The average molecular weight is 264 g/mol. The van der Waals surface area contributed by atoms with Crippen LogP contribution in [-0.4, -0.2) is 47.5 Å². The Labute approximate surface area is 112 Å². The first-order valence-corrected chi connectivity index (χ1v) is 6.35. The zero-order chi connectivity index (χ0) is 14.0. The lowest BCUT2D eigenvalue weighted by Crippen LogP contribution is -2.49. The third kappa shape index (κ3) is 2.60. The Balaban J connectivity index is 2.36. The first-order valence-electron chi connectivity index (χ1n) is 6.35. The van der Waals surface area contributed by atoms with Gasteiger partial charge in [-0.2, -0.15) is 0 Å². The number of nitrogens with one attached hydrogen (secondary N) is 1. The molecule has 0 unspecified atom stereocenters. The van der Waals surface area contributed by atoms with Crippen molar-refractivity contribution in [1.29, 1.82) is 0 Å². The number of aromatic nitrogens is 2. The zero-order valence-electron chi connectivity index (χ0n) is 11.6. The van der Waals surface area contributed by atoms with Crippen LogP contribution < -0.4 is 16.2 Å². The smallest absolute Gasteiger partial charge is 0.241 e. The summed E-state index contributed by atoms with van der Waals surface area (Å²) in [5, 5.41) is 0. The summed E-state index contributed by atoms with van der Waals surface area (Å²) in [7, 11) is 1.82. The van der Waals surface area contributed by atoms with Crippen LogP contribution in [0.25, 0.3) is 0 Å². The number of carbonyl (C=O) groups is 1. The fourth-order valence-electron chi connectivity index (χ4n) is 2.22. The number of nitrogen functional groups attached to an aromatic ring is 1. The van der Waals surface area contributed by atoms with Crippen LogP contribution in [0.1, 0.15) is 25.3 Å². The maximum Gasteiger partial charge on any atom is 0.241 e. The normalized spacial score (nSPS) is 16.2. The summed E-state index contributed by atoms with van der Waals surface area (Å²) in [6.07, 6.45) is 1.47. The van der Waals surface area contributed by atoms with Crippen molar-refractivity contribution in [2.24, 2.45) is 5.84 Å². The van der Waals surface area contributed by atoms with Gasteiger partial charge in [-0.25, -0.2) is 15.8 Å². The first kappa shape index (κ1) is 13.5.